The topological polar surface area (TPSA) is 53.2 Å². The third kappa shape index (κ3) is 1.52. The quantitative estimate of drug-likeness (QED) is 0.740. The molecule has 2 heterocycles. The Balaban J connectivity index is 2.30. The van der Waals surface area contributed by atoms with E-state index in [1.165, 1.54) is 0 Å². The van der Waals surface area contributed by atoms with E-state index >= 15 is 0 Å². The molecule has 0 amide bonds. The highest BCUT2D eigenvalue weighted by Gasteiger charge is 2.22. The number of rotatable bonds is 2. The van der Waals surface area contributed by atoms with Gasteiger partial charge < -0.3 is 4.74 Å². The van der Waals surface area contributed by atoms with Crippen LogP contribution in [-0.2, 0) is 17.9 Å². The maximum Gasteiger partial charge on any atom is 0.282 e. The van der Waals surface area contributed by atoms with Gasteiger partial charge in [-0.25, -0.2) is 4.68 Å². The van der Waals surface area contributed by atoms with Crippen molar-refractivity contribution in [3.8, 4) is 5.69 Å². The average Bonchev–Trinajstić information content (AvgIpc) is 2.71. The Hall–Kier alpha value is -2.14. The summed E-state index contributed by atoms with van der Waals surface area (Å²) in [5.41, 5.74) is 1.33. The molecule has 0 atom stereocenters. The molecule has 18 heavy (non-hydrogen) atoms. The monoisotopic (exact) mass is 244 g/mol. The van der Waals surface area contributed by atoms with Gasteiger partial charge in [-0.1, -0.05) is 18.2 Å². The van der Waals surface area contributed by atoms with Gasteiger partial charge in [0.05, 0.1) is 31.1 Å². The van der Waals surface area contributed by atoms with Gasteiger partial charge in [0, 0.05) is 0 Å². The van der Waals surface area contributed by atoms with E-state index < -0.39 is 0 Å². The van der Waals surface area contributed by atoms with E-state index in [1.54, 1.807) is 4.68 Å². The molecule has 0 spiro atoms. The minimum atomic E-state index is -0.281. The SMILES string of the molecule is O=Cc1c2n(n(-c3ccccc3)c1=O)CCOC2. The number of carbonyl (C=O) groups excluding carboxylic acids is 1. The largest absolute Gasteiger partial charge is 0.373 e. The van der Waals surface area contributed by atoms with Crippen molar-refractivity contribution in [3.63, 3.8) is 0 Å². The minimum Gasteiger partial charge on any atom is -0.373 e. The van der Waals surface area contributed by atoms with Crippen molar-refractivity contribution in [2.24, 2.45) is 0 Å². The van der Waals surface area contributed by atoms with Crippen LogP contribution in [0.3, 0.4) is 0 Å². The molecule has 2 aromatic rings. The molecule has 0 saturated carbocycles. The Morgan fingerprint density at radius 1 is 1.22 bits per heavy atom. The molecule has 1 aromatic carbocycles. The van der Waals surface area contributed by atoms with Crippen molar-refractivity contribution in [2.75, 3.05) is 6.61 Å². The van der Waals surface area contributed by atoms with Crippen LogP contribution >= 0.6 is 0 Å². The van der Waals surface area contributed by atoms with Crippen molar-refractivity contribution < 1.29 is 9.53 Å². The third-order valence-electron chi connectivity index (χ3n) is 3.09. The first-order chi connectivity index (χ1) is 8.83. The highest BCUT2D eigenvalue weighted by molar-refractivity contribution is 5.76. The van der Waals surface area contributed by atoms with Crippen LogP contribution in [-0.4, -0.2) is 22.3 Å². The Morgan fingerprint density at radius 3 is 2.72 bits per heavy atom. The molecule has 1 aromatic heterocycles. The standard InChI is InChI=1S/C13H12N2O3/c16-8-11-12-9-18-7-6-14(12)15(13(11)17)10-4-2-1-3-5-10/h1-5,8H,6-7,9H2. The molecular formula is C13H12N2O3. The second-order valence-corrected chi connectivity index (χ2v) is 4.11. The molecule has 1 aliphatic heterocycles. The molecule has 0 saturated heterocycles. The third-order valence-corrected chi connectivity index (χ3v) is 3.09. The smallest absolute Gasteiger partial charge is 0.282 e. The van der Waals surface area contributed by atoms with Crippen LogP contribution in [0.1, 0.15) is 16.1 Å². The van der Waals surface area contributed by atoms with Gasteiger partial charge in [-0.3, -0.25) is 14.3 Å². The summed E-state index contributed by atoms with van der Waals surface area (Å²) in [5, 5.41) is 0. The Morgan fingerprint density at radius 2 is 2.00 bits per heavy atom. The Labute approximate surface area is 103 Å². The summed E-state index contributed by atoms with van der Waals surface area (Å²) in [7, 11) is 0. The second kappa shape index (κ2) is 4.27. The van der Waals surface area contributed by atoms with Gasteiger partial charge in [-0.2, -0.15) is 0 Å². The molecule has 0 N–H and O–H groups in total. The van der Waals surface area contributed by atoms with E-state index in [4.69, 9.17) is 4.74 Å². The van der Waals surface area contributed by atoms with Crippen molar-refractivity contribution in [2.45, 2.75) is 13.2 Å². The molecule has 3 rings (SSSR count). The van der Waals surface area contributed by atoms with Crippen molar-refractivity contribution >= 4 is 6.29 Å². The Bertz CT molecular complexity index is 640. The lowest BCUT2D eigenvalue weighted by atomic mass is 10.2. The fourth-order valence-electron chi connectivity index (χ4n) is 2.26. The number of carbonyl (C=O) groups is 1. The number of aromatic nitrogens is 2. The normalized spacial score (nSPS) is 14.2. The van der Waals surface area contributed by atoms with Crippen LogP contribution in [0.4, 0.5) is 0 Å². The summed E-state index contributed by atoms with van der Waals surface area (Å²) < 4.78 is 8.68. The van der Waals surface area contributed by atoms with Gasteiger partial charge in [0.25, 0.3) is 5.56 Å². The van der Waals surface area contributed by atoms with E-state index in [-0.39, 0.29) is 11.1 Å². The predicted octanol–water partition coefficient (Wildman–Crippen LogP) is 0.982. The number of hydrogen-bond acceptors (Lipinski definition) is 3. The summed E-state index contributed by atoms with van der Waals surface area (Å²) in [6, 6.07) is 9.30. The maximum absolute atomic E-state index is 12.2. The number of nitrogens with zero attached hydrogens (tertiary/aromatic N) is 2. The maximum atomic E-state index is 12.2. The molecule has 0 aliphatic carbocycles. The average molecular weight is 244 g/mol. The minimum absolute atomic E-state index is 0.193. The fraction of sp³-hybridized carbons (Fsp3) is 0.231. The van der Waals surface area contributed by atoms with Gasteiger partial charge >= 0.3 is 0 Å². The van der Waals surface area contributed by atoms with Crippen LogP contribution in [0.15, 0.2) is 35.1 Å². The zero-order valence-electron chi connectivity index (χ0n) is 9.70. The number of aldehydes is 1. The second-order valence-electron chi connectivity index (χ2n) is 4.11. The van der Waals surface area contributed by atoms with Crippen LogP contribution in [0.25, 0.3) is 5.69 Å². The van der Waals surface area contributed by atoms with E-state index in [9.17, 15) is 9.59 Å². The molecule has 1 aliphatic rings. The van der Waals surface area contributed by atoms with Crippen LogP contribution < -0.4 is 5.56 Å². The van der Waals surface area contributed by atoms with Crippen molar-refractivity contribution in [1.29, 1.82) is 0 Å². The number of hydrogen-bond donors (Lipinski definition) is 0. The van der Waals surface area contributed by atoms with E-state index in [2.05, 4.69) is 0 Å². The fourth-order valence-corrected chi connectivity index (χ4v) is 2.26. The molecule has 92 valence electrons. The summed E-state index contributed by atoms with van der Waals surface area (Å²) in [6.07, 6.45) is 0.613. The Kier molecular flexibility index (Phi) is 2.60. The van der Waals surface area contributed by atoms with Crippen LogP contribution in [0.5, 0.6) is 0 Å². The van der Waals surface area contributed by atoms with E-state index in [1.807, 2.05) is 35.0 Å². The van der Waals surface area contributed by atoms with Gasteiger partial charge in [0.1, 0.15) is 5.56 Å². The molecule has 0 radical (unpaired) electrons. The molecule has 5 nitrogen and oxygen atoms in total. The molecular weight excluding hydrogens is 232 g/mol. The lowest BCUT2D eigenvalue weighted by molar-refractivity contribution is 0.0762. The highest BCUT2D eigenvalue weighted by Crippen LogP contribution is 2.15. The van der Waals surface area contributed by atoms with E-state index in [0.29, 0.717) is 31.7 Å². The highest BCUT2D eigenvalue weighted by atomic mass is 16.5. The lowest BCUT2D eigenvalue weighted by Gasteiger charge is -2.19. The summed E-state index contributed by atoms with van der Waals surface area (Å²) in [5.74, 6) is 0. The summed E-state index contributed by atoms with van der Waals surface area (Å²) in [4.78, 5) is 23.3. The first-order valence-electron chi connectivity index (χ1n) is 5.76. The number of fused-ring (bicyclic) bond motifs is 1. The number of para-hydroxylation sites is 1. The van der Waals surface area contributed by atoms with Crippen molar-refractivity contribution in [1.82, 2.24) is 9.36 Å². The van der Waals surface area contributed by atoms with Gasteiger partial charge in [-0.05, 0) is 12.1 Å². The first kappa shape index (κ1) is 11.0. The zero-order valence-corrected chi connectivity index (χ0v) is 9.70. The van der Waals surface area contributed by atoms with Crippen LogP contribution in [0, 0.1) is 0 Å². The number of benzene rings is 1. The lowest BCUT2D eigenvalue weighted by Crippen LogP contribution is -2.26. The van der Waals surface area contributed by atoms with E-state index in [0.717, 1.165) is 5.69 Å². The molecule has 0 bridgehead atoms. The summed E-state index contributed by atoms with van der Waals surface area (Å²) >= 11 is 0. The molecule has 0 unspecified atom stereocenters. The molecule has 0 fully saturated rings. The van der Waals surface area contributed by atoms with Crippen molar-refractivity contribution in [3.05, 3.63) is 51.9 Å². The predicted molar refractivity (Wildman–Crippen MR) is 65.1 cm³/mol. The van der Waals surface area contributed by atoms with Gasteiger partial charge in [0.2, 0.25) is 0 Å². The first-order valence-corrected chi connectivity index (χ1v) is 5.76. The molecule has 5 heteroatoms. The zero-order chi connectivity index (χ0) is 12.5. The van der Waals surface area contributed by atoms with Crippen LogP contribution in [0.2, 0.25) is 0 Å². The number of ether oxygens (including phenoxy) is 1. The van der Waals surface area contributed by atoms with Gasteiger partial charge in [-0.15, -0.1) is 0 Å². The van der Waals surface area contributed by atoms with Gasteiger partial charge in [0.15, 0.2) is 6.29 Å². The summed E-state index contributed by atoms with van der Waals surface area (Å²) in [6.45, 7) is 1.43.